The van der Waals surface area contributed by atoms with E-state index < -0.39 is 10.0 Å². The first-order valence-corrected chi connectivity index (χ1v) is 13.3. The molecule has 1 aliphatic rings. The van der Waals surface area contributed by atoms with E-state index in [9.17, 15) is 17.6 Å². The average Bonchev–Trinajstić information content (AvgIpc) is 3.17. The molecule has 3 aromatic rings. The van der Waals surface area contributed by atoms with Crippen molar-refractivity contribution in [2.24, 2.45) is 5.92 Å². The number of rotatable bonds is 7. The molecule has 1 fully saturated rings. The van der Waals surface area contributed by atoms with E-state index in [2.05, 4.69) is 20.0 Å². The van der Waals surface area contributed by atoms with Crippen molar-refractivity contribution in [1.82, 2.24) is 20.0 Å². The van der Waals surface area contributed by atoms with Crippen molar-refractivity contribution in [3.05, 3.63) is 71.4 Å². The Morgan fingerprint density at radius 3 is 2.23 bits per heavy atom. The minimum Gasteiger partial charge on any atom is -0.349 e. The number of halogens is 1. The van der Waals surface area contributed by atoms with Gasteiger partial charge < -0.3 is 10.3 Å². The number of carbonyl (C=O) groups excluding carboxylic acids is 1. The molecule has 0 spiro atoms. The average molecular weight is 499 g/mol. The van der Waals surface area contributed by atoms with E-state index in [4.69, 9.17) is 0 Å². The number of hydrogen-bond acceptors (Lipinski definition) is 4. The van der Waals surface area contributed by atoms with Crippen molar-refractivity contribution in [3.8, 4) is 11.3 Å². The number of nitrogens with zero attached hydrogens (tertiary/aromatic N) is 1. The van der Waals surface area contributed by atoms with Gasteiger partial charge in [-0.2, -0.15) is 0 Å². The van der Waals surface area contributed by atoms with Gasteiger partial charge in [-0.25, -0.2) is 22.5 Å². The molecule has 4 rings (SSSR count). The van der Waals surface area contributed by atoms with Crippen molar-refractivity contribution in [1.29, 1.82) is 0 Å². The van der Waals surface area contributed by atoms with E-state index in [1.165, 1.54) is 12.1 Å². The van der Waals surface area contributed by atoms with Crippen LogP contribution in [0.1, 0.15) is 55.7 Å². The quantitative estimate of drug-likeness (QED) is 0.445. The Morgan fingerprint density at radius 1 is 1.03 bits per heavy atom. The number of H-pyrrole nitrogens is 1. The summed E-state index contributed by atoms with van der Waals surface area (Å²) in [5, 5.41) is 2.99. The van der Waals surface area contributed by atoms with E-state index in [0.29, 0.717) is 25.7 Å². The molecule has 2 aromatic carbocycles. The second kappa shape index (κ2) is 10.3. The standard InChI is InChI=1S/C26H31FN4O3S/c1-16(19-4-10-22(27)11-5-19)29-26(32)21-6-12-23(13-7-21)31-35(33,34)24-14-8-20(9-15-24)25-17(2)28-18(3)30-25/h4-5,8-11,14-16,21,23,31H,6-7,12-13H2,1-3H3,(H,28,30)(H,29,32)/t16-,21?,23?/m1/s1. The van der Waals surface area contributed by atoms with Crippen molar-refractivity contribution in [2.45, 2.75) is 63.4 Å². The zero-order valence-electron chi connectivity index (χ0n) is 20.1. The highest BCUT2D eigenvalue weighted by molar-refractivity contribution is 7.89. The van der Waals surface area contributed by atoms with Crippen molar-refractivity contribution in [3.63, 3.8) is 0 Å². The Labute approximate surface area is 205 Å². The van der Waals surface area contributed by atoms with Gasteiger partial charge in [0.1, 0.15) is 11.6 Å². The van der Waals surface area contributed by atoms with Crippen LogP contribution in [0.25, 0.3) is 11.3 Å². The van der Waals surface area contributed by atoms with Gasteiger partial charge in [0, 0.05) is 23.2 Å². The molecule has 35 heavy (non-hydrogen) atoms. The maximum atomic E-state index is 13.1. The summed E-state index contributed by atoms with van der Waals surface area (Å²) in [5.41, 5.74) is 3.44. The Kier molecular flexibility index (Phi) is 7.37. The fraction of sp³-hybridized carbons (Fsp3) is 0.385. The van der Waals surface area contributed by atoms with Gasteiger partial charge in [0.15, 0.2) is 0 Å². The molecule has 1 amide bonds. The topological polar surface area (TPSA) is 104 Å². The third kappa shape index (κ3) is 5.97. The first kappa shape index (κ1) is 25.1. The molecular formula is C26H31FN4O3S. The summed E-state index contributed by atoms with van der Waals surface area (Å²) in [7, 11) is -3.67. The lowest BCUT2D eigenvalue weighted by Crippen LogP contribution is -2.41. The zero-order chi connectivity index (χ0) is 25.2. The highest BCUT2D eigenvalue weighted by Crippen LogP contribution is 2.28. The fourth-order valence-corrected chi connectivity index (χ4v) is 5.92. The number of sulfonamides is 1. The normalized spacial score (nSPS) is 19.3. The number of imidazole rings is 1. The van der Waals surface area contributed by atoms with Crippen LogP contribution in [0.3, 0.4) is 0 Å². The van der Waals surface area contributed by atoms with Gasteiger partial charge in [-0.15, -0.1) is 0 Å². The SMILES string of the molecule is Cc1nc(-c2ccc(S(=O)(=O)NC3CCC(C(=O)N[C@H](C)c4ccc(F)cc4)CC3)cc2)c(C)[nH]1. The van der Waals surface area contributed by atoms with Crippen molar-refractivity contribution < 1.29 is 17.6 Å². The van der Waals surface area contributed by atoms with Crippen LogP contribution in [0, 0.1) is 25.6 Å². The zero-order valence-corrected chi connectivity index (χ0v) is 21.0. The monoisotopic (exact) mass is 498 g/mol. The third-order valence-corrected chi connectivity index (χ3v) is 8.13. The van der Waals surface area contributed by atoms with E-state index >= 15 is 0 Å². The molecule has 0 unspecified atom stereocenters. The molecule has 9 heteroatoms. The molecule has 0 bridgehead atoms. The first-order valence-electron chi connectivity index (χ1n) is 11.8. The summed E-state index contributed by atoms with van der Waals surface area (Å²) in [6.07, 6.45) is 2.38. The van der Waals surface area contributed by atoms with Crippen LogP contribution in [-0.2, 0) is 14.8 Å². The van der Waals surface area contributed by atoms with Crippen LogP contribution in [0.4, 0.5) is 4.39 Å². The molecule has 1 aliphatic carbocycles. The van der Waals surface area contributed by atoms with Crippen LogP contribution in [0.2, 0.25) is 0 Å². The van der Waals surface area contributed by atoms with Crippen LogP contribution in [0.15, 0.2) is 53.4 Å². The maximum absolute atomic E-state index is 13.1. The molecule has 3 N–H and O–H groups in total. The fourth-order valence-electron chi connectivity index (χ4n) is 4.61. The Morgan fingerprint density at radius 2 is 1.66 bits per heavy atom. The number of aromatic nitrogens is 2. The summed E-state index contributed by atoms with van der Waals surface area (Å²) in [6, 6.07) is 12.4. The summed E-state index contributed by atoms with van der Waals surface area (Å²) in [6.45, 7) is 5.68. The largest absolute Gasteiger partial charge is 0.349 e. The predicted octanol–water partition coefficient (Wildman–Crippen LogP) is 4.55. The van der Waals surface area contributed by atoms with Crippen LogP contribution < -0.4 is 10.0 Å². The molecule has 0 aliphatic heterocycles. The Hall–Kier alpha value is -3.04. The highest BCUT2D eigenvalue weighted by atomic mass is 32.2. The predicted molar refractivity (Wildman–Crippen MR) is 133 cm³/mol. The summed E-state index contributed by atoms with van der Waals surface area (Å²) >= 11 is 0. The summed E-state index contributed by atoms with van der Waals surface area (Å²) < 4.78 is 41.8. The second-order valence-electron chi connectivity index (χ2n) is 9.27. The van der Waals surface area contributed by atoms with Gasteiger partial charge in [-0.05, 0) is 76.3 Å². The Bertz CT molecular complexity index is 1280. The number of aromatic amines is 1. The van der Waals surface area contributed by atoms with Crippen molar-refractivity contribution in [2.75, 3.05) is 0 Å². The van der Waals surface area contributed by atoms with E-state index in [-0.39, 0.29) is 34.6 Å². The molecule has 0 radical (unpaired) electrons. The molecule has 0 saturated heterocycles. The van der Waals surface area contributed by atoms with Gasteiger partial charge in [0.25, 0.3) is 0 Å². The number of carbonyl (C=O) groups is 1. The number of nitrogens with one attached hydrogen (secondary N) is 3. The van der Waals surface area contributed by atoms with Gasteiger partial charge in [0.2, 0.25) is 15.9 Å². The van der Waals surface area contributed by atoms with Gasteiger partial charge in [0.05, 0.1) is 16.6 Å². The minimum absolute atomic E-state index is 0.0531. The van der Waals surface area contributed by atoms with Gasteiger partial charge in [-0.1, -0.05) is 24.3 Å². The lowest BCUT2D eigenvalue weighted by molar-refractivity contribution is -0.126. The molecule has 1 atom stereocenters. The maximum Gasteiger partial charge on any atom is 0.240 e. The number of aryl methyl sites for hydroxylation is 2. The van der Waals surface area contributed by atoms with E-state index in [1.54, 1.807) is 36.4 Å². The highest BCUT2D eigenvalue weighted by Gasteiger charge is 2.29. The van der Waals surface area contributed by atoms with Crippen molar-refractivity contribution >= 4 is 15.9 Å². The number of amides is 1. The molecule has 7 nitrogen and oxygen atoms in total. The molecule has 1 heterocycles. The molecule has 1 saturated carbocycles. The second-order valence-corrected chi connectivity index (χ2v) is 11.0. The smallest absolute Gasteiger partial charge is 0.240 e. The lowest BCUT2D eigenvalue weighted by atomic mass is 9.85. The van der Waals surface area contributed by atoms with Gasteiger partial charge >= 0.3 is 0 Å². The summed E-state index contributed by atoms with van der Waals surface area (Å²) in [5.74, 6) is 0.276. The van der Waals surface area contributed by atoms with Crippen LogP contribution in [0.5, 0.6) is 0 Å². The van der Waals surface area contributed by atoms with E-state index in [0.717, 1.165) is 28.3 Å². The summed E-state index contributed by atoms with van der Waals surface area (Å²) in [4.78, 5) is 20.5. The minimum atomic E-state index is -3.67. The lowest BCUT2D eigenvalue weighted by Gasteiger charge is -2.29. The van der Waals surface area contributed by atoms with Crippen LogP contribution in [-0.4, -0.2) is 30.3 Å². The number of hydrogen-bond donors (Lipinski definition) is 3. The number of benzene rings is 2. The van der Waals surface area contributed by atoms with Crippen LogP contribution >= 0.6 is 0 Å². The Balaban J connectivity index is 1.31. The molecular weight excluding hydrogens is 467 g/mol. The molecule has 186 valence electrons. The molecule has 1 aromatic heterocycles. The third-order valence-electron chi connectivity index (χ3n) is 6.59. The van der Waals surface area contributed by atoms with E-state index in [1.807, 2.05) is 20.8 Å². The first-order chi connectivity index (χ1) is 16.6. The van der Waals surface area contributed by atoms with Gasteiger partial charge in [-0.3, -0.25) is 4.79 Å².